The van der Waals surface area contributed by atoms with Crippen LogP contribution in [0.2, 0.25) is 0 Å². The van der Waals surface area contributed by atoms with Gasteiger partial charge in [-0.05, 0) is 87.0 Å². The van der Waals surface area contributed by atoms with E-state index in [0.717, 1.165) is 37.7 Å². The van der Waals surface area contributed by atoms with E-state index in [1.54, 1.807) is 25.7 Å². The Kier molecular flexibility index (Phi) is 6.48. The van der Waals surface area contributed by atoms with Crippen LogP contribution in [0.15, 0.2) is 11.3 Å². The van der Waals surface area contributed by atoms with Gasteiger partial charge in [-0.15, -0.1) is 0 Å². The lowest BCUT2D eigenvalue weighted by atomic mass is 9.69. The summed E-state index contributed by atoms with van der Waals surface area (Å²) in [6.45, 7) is 16.0. The van der Waals surface area contributed by atoms with Gasteiger partial charge < -0.3 is 26.0 Å². The summed E-state index contributed by atoms with van der Waals surface area (Å²) in [4.78, 5) is 55.9. The molecule has 9 nitrogen and oxygen atoms in total. The van der Waals surface area contributed by atoms with Gasteiger partial charge >= 0.3 is 6.09 Å². The molecular weight excluding hydrogens is 508 g/mol. The fourth-order valence-corrected chi connectivity index (χ4v) is 8.54. The summed E-state index contributed by atoms with van der Waals surface area (Å²) in [6, 6.07) is -2.28. The lowest BCUT2D eigenvalue weighted by Crippen LogP contribution is -2.59. The van der Waals surface area contributed by atoms with Crippen LogP contribution in [0.5, 0.6) is 0 Å². The zero-order valence-electron chi connectivity index (χ0n) is 25.5. The number of amides is 3. The molecule has 0 aromatic heterocycles. The van der Waals surface area contributed by atoms with Crippen molar-refractivity contribution in [1.82, 2.24) is 15.5 Å². The van der Waals surface area contributed by atoms with E-state index in [9.17, 15) is 19.2 Å². The van der Waals surface area contributed by atoms with E-state index < -0.39 is 35.2 Å². The summed E-state index contributed by atoms with van der Waals surface area (Å²) in [5.41, 5.74) is 6.09. The van der Waals surface area contributed by atoms with Crippen LogP contribution in [-0.4, -0.2) is 58.9 Å². The minimum absolute atomic E-state index is 0.00368. The molecule has 1 saturated heterocycles. The van der Waals surface area contributed by atoms with Gasteiger partial charge in [0.1, 0.15) is 17.7 Å². The summed E-state index contributed by atoms with van der Waals surface area (Å²) >= 11 is 0. The molecule has 4 fully saturated rings. The van der Waals surface area contributed by atoms with E-state index in [4.69, 9.17) is 10.5 Å². The van der Waals surface area contributed by atoms with Crippen molar-refractivity contribution in [2.75, 3.05) is 6.54 Å². The van der Waals surface area contributed by atoms with Crippen molar-refractivity contribution in [3.8, 4) is 0 Å². The number of nitrogens with two attached hydrogens (primary N) is 1. The van der Waals surface area contributed by atoms with Crippen LogP contribution >= 0.6 is 0 Å². The highest BCUT2D eigenvalue weighted by molar-refractivity contribution is 6.03. The number of ether oxygens (including phenoxy) is 1. The third-order valence-corrected chi connectivity index (χ3v) is 11.2. The number of likely N-dealkylation sites (tertiary alicyclic amines) is 1. The number of ketones is 1. The van der Waals surface area contributed by atoms with Gasteiger partial charge in [-0.25, -0.2) is 4.79 Å². The van der Waals surface area contributed by atoms with Crippen LogP contribution in [0, 0.1) is 27.6 Å². The number of nitrogens with one attached hydrogen (secondary N) is 2. The maximum atomic E-state index is 14.3. The minimum Gasteiger partial charge on any atom is -0.444 e. The largest absolute Gasteiger partial charge is 0.444 e. The van der Waals surface area contributed by atoms with Gasteiger partial charge in [0, 0.05) is 12.0 Å². The van der Waals surface area contributed by atoms with Gasteiger partial charge in [-0.2, -0.15) is 0 Å². The highest BCUT2D eigenvalue weighted by Crippen LogP contribution is 2.88. The summed E-state index contributed by atoms with van der Waals surface area (Å²) in [5.74, 6) is -0.560. The topological polar surface area (TPSA) is 131 Å². The molecule has 0 bridgehead atoms. The number of carbonyl (C=O) groups excluding carboxylic acids is 4. The molecule has 0 aromatic carbocycles. The molecule has 0 radical (unpaired) electrons. The Morgan fingerprint density at radius 3 is 2.20 bits per heavy atom. The average Bonchev–Trinajstić information content (AvgIpc) is 3.01. The quantitative estimate of drug-likeness (QED) is 0.483. The fourth-order valence-electron chi connectivity index (χ4n) is 8.54. The first kappa shape index (κ1) is 28.9. The molecule has 1 heterocycles. The molecule has 5 rings (SSSR count). The molecule has 2 unspecified atom stereocenters. The summed E-state index contributed by atoms with van der Waals surface area (Å²) < 4.78 is 5.49. The molecule has 0 aromatic rings. The van der Waals surface area contributed by atoms with E-state index >= 15 is 0 Å². The smallest absolute Gasteiger partial charge is 0.408 e. The Bertz CT molecular complexity index is 1170. The van der Waals surface area contributed by atoms with E-state index in [1.165, 1.54) is 0 Å². The normalized spacial score (nSPS) is 32.6. The van der Waals surface area contributed by atoms with Crippen molar-refractivity contribution in [2.45, 2.75) is 124 Å². The molecule has 5 aliphatic rings. The monoisotopic (exact) mass is 556 g/mol. The molecule has 1 aliphatic heterocycles. The van der Waals surface area contributed by atoms with Crippen LogP contribution in [0.1, 0.15) is 100 Å². The van der Waals surface area contributed by atoms with Crippen molar-refractivity contribution in [2.24, 2.45) is 33.3 Å². The zero-order chi connectivity index (χ0) is 29.6. The zero-order valence-corrected chi connectivity index (χ0v) is 25.5. The van der Waals surface area contributed by atoms with Crippen LogP contribution in [0.3, 0.4) is 0 Å². The number of hydrogen-bond acceptors (Lipinski definition) is 6. The number of nitrogens with zero attached hydrogens (tertiary/aromatic N) is 1. The number of carbonyl (C=O) groups is 4. The Morgan fingerprint density at radius 1 is 1.07 bits per heavy atom. The second-order valence-corrected chi connectivity index (χ2v) is 15.6. The van der Waals surface area contributed by atoms with Gasteiger partial charge in [-0.3, -0.25) is 14.4 Å². The Hall–Kier alpha value is -2.58. The second kappa shape index (κ2) is 8.96. The van der Waals surface area contributed by atoms with E-state index in [0.29, 0.717) is 25.1 Å². The summed E-state index contributed by atoms with van der Waals surface area (Å²) in [6.07, 6.45) is 5.65. The number of alkyl carbamates (subject to hydrolysis) is 1. The van der Waals surface area contributed by atoms with Gasteiger partial charge in [-0.1, -0.05) is 41.0 Å². The number of hydrogen-bond donors (Lipinski definition) is 3. The maximum Gasteiger partial charge on any atom is 0.408 e. The van der Waals surface area contributed by atoms with Crippen LogP contribution in [0.4, 0.5) is 4.79 Å². The molecule has 4 N–H and O–H groups in total. The van der Waals surface area contributed by atoms with E-state index in [2.05, 4.69) is 24.5 Å². The van der Waals surface area contributed by atoms with Gasteiger partial charge in [0.15, 0.2) is 0 Å². The lowest BCUT2D eigenvalue weighted by Gasteiger charge is -2.39. The minimum atomic E-state index is -0.889. The van der Waals surface area contributed by atoms with E-state index in [1.807, 2.05) is 20.8 Å². The van der Waals surface area contributed by atoms with Gasteiger partial charge in [0.05, 0.1) is 11.7 Å². The summed E-state index contributed by atoms with van der Waals surface area (Å²) in [7, 11) is 0. The first-order chi connectivity index (χ1) is 18.4. The predicted octanol–water partition coefficient (Wildman–Crippen LogP) is 3.80. The molecule has 222 valence electrons. The average molecular weight is 557 g/mol. The molecule has 3 amide bonds. The summed E-state index contributed by atoms with van der Waals surface area (Å²) in [5, 5.41) is 5.83. The Labute approximate surface area is 238 Å². The van der Waals surface area contributed by atoms with Crippen LogP contribution < -0.4 is 16.4 Å². The van der Waals surface area contributed by atoms with Crippen molar-refractivity contribution in [3.05, 3.63) is 11.3 Å². The van der Waals surface area contributed by atoms with Crippen LogP contribution in [0.25, 0.3) is 0 Å². The van der Waals surface area contributed by atoms with Crippen molar-refractivity contribution < 1.29 is 23.9 Å². The van der Waals surface area contributed by atoms with Crippen molar-refractivity contribution in [3.63, 3.8) is 0 Å². The van der Waals surface area contributed by atoms with Gasteiger partial charge in [0.2, 0.25) is 17.6 Å². The van der Waals surface area contributed by atoms with Crippen molar-refractivity contribution >= 4 is 23.7 Å². The number of fused-ring (bicyclic) bond motifs is 2. The molecule has 9 heteroatoms. The first-order valence-electron chi connectivity index (χ1n) is 15.0. The highest BCUT2D eigenvalue weighted by atomic mass is 16.6. The fraction of sp³-hybridized carbons (Fsp3) is 0.806. The highest BCUT2D eigenvalue weighted by Gasteiger charge is 2.85. The standard InChI is InChI=1S/C31H48N4O5/c1-27(2,3)23(34-26(39)40-28(4,5)6)25(38)35-16-31(29(7,8)30(31)12-9-13-30)15-20(35)24(37)33-19-14-17-10-11-18(17)21(32)22(19)36/h17,19-20,23H,9-16,32H2,1-8H3,(H,33,37)(H,34,39)/t17?,19?,20-,23+,31+/m0/s1. The van der Waals surface area contributed by atoms with E-state index in [-0.39, 0.29) is 39.8 Å². The number of allylic oxidation sites excluding steroid dienone is 1. The first-order valence-corrected chi connectivity index (χ1v) is 15.0. The molecule has 2 spiro atoms. The lowest BCUT2D eigenvalue weighted by molar-refractivity contribution is -0.142. The SMILES string of the molecule is CC(C)(C)OC(=O)N[C@H](C(=O)N1C[C@]2(C[C@H]1C(=O)NC1CC3CCC3=C(N)C1=O)C(C)(C)C21CCC1)C(C)(C)C. The number of Topliss-reactive ketones (excluding diaryl/α,β-unsaturated/α-hetero) is 1. The number of rotatable bonds is 4. The molecule has 40 heavy (non-hydrogen) atoms. The molecule has 4 aliphatic carbocycles. The second-order valence-electron chi connectivity index (χ2n) is 15.6. The molecule has 5 atom stereocenters. The van der Waals surface area contributed by atoms with Crippen LogP contribution in [-0.2, 0) is 19.1 Å². The van der Waals surface area contributed by atoms with Gasteiger partial charge in [0.25, 0.3) is 0 Å². The third-order valence-electron chi connectivity index (χ3n) is 11.2. The maximum absolute atomic E-state index is 14.3. The molecule has 3 saturated carbocycles. The predicted molar refractivity (Wildman–Crippen MR) is 151 cm³/mol. The Balaban J connectivity index is 1.42. The third kappa shape index (κ3) is 4.16. The van der Waals surface area contributed by atoms with Crippen molar-refractivity contribution in [1.29, 1.82) is 0 Å². The molecular formula is C31H48N4O5. The Morgan fingerprint density at radius 2 is 1.73 bits per heavy atom.